The first kappa shape index (κ1) is 14.1. The zero-order chi connectivity index (χ0) is 14.8. The van der Waals surface area contributed by atoms with E-state index >= 15 is 0 Å². The summed E-state index contributed by atoms with van der Waals surface area (Å²) in [4.78, 5) is 9.43. The van der Waals surface area contributed by atoms with Gasteiger partial charge in [-0.3, -0.25) is 0 Å². The molecule has 0 bridgehead atoms. The summed E-state index contributed by atoms with van der Waals surface area (Å²) < 4.78 is 13.6. The van der Waals surface area contributed by atoms with Gasteiger partial charge in [-0.2, -0.15) is 0 Å². The van der Waals surface area contributed by atoms with Crippen molar-refractivity contribution in [1.82, 2.24) is 15.3 Å². The number of benzene rings is 1. The third-order valence-electron chi connectivity index (χ3n) is 3.95. The summed E-state index contributed by atoms with van der Waals surface area (Å²) in [6.45, 7) is 5.87. The molecule has 0 atom stereocenters. The summed E-state index contributed by atoms with van der Waals surface area (Å²) in [6.07, 6.45) is 2.98. The summed E-state index contributed by atoms with van der Waals surface area (Å²) in [5.74, 6) is 0.407. The highest BCUT2D eigenvalue weighted by Crippen LogP contribution is 2.25. The van der Waals surface area contributed by atoms with Gasteiger partial charge in [-0.15, -0.1) is 0 Å². The van der Waals surface area contributed by atoms with Crippen molar-refractivity contribution in [3.63, 3.8) is 0 Å². The first-order valence-electron chi connectivity index (χ1n) is 7.55. The number of hydrogen-bond donors (Lipinski definition) is 1. The molecule has 3 nitrogen and oxygen atoms in total. The molecule has 3 rings (SSSR count). The minimum Gasteiger partial charge on any atom is -0.311 e. The van der Waals surface area contributed by atoms with Crippen LogP contribution >= 0.6 is 0 Å². The third kappa shape index (κ3) is 2.81. The van der Waals surface area contributed by atoms with Crippen LogP contribution < -0.4 is 5.32 Å². The van der Waals surface area contributed by atoms with Crippen LogP contribution in [0.4, 0.5) is 4.39 Å². The van der Waals surface area contributed by atoms with E-state index in [9.17, 15) is 4.39 Å². The van der Waals surface area contributed by atoms with Gasteiger partial charge in [-0.05, 0) is 49.6 Å². The van der Waals surface area contributed by atoms with Gasteiger partial charge in [0.1, 0.15) is 5.82 Å². The molecule has 110 valence electrons. The highest BCUT2D eigenvalue weighted by molar-refractivity contribution is 5.60. The minimum atomic E-state index is -0.243. The van der Waals surface area contributed by atoms with Crippen molar-refractivity contribution in [3.05, 3.63) is 46.5 Å². The molecule has 0 saturated heterocycles. The monoisotopic (exact) mass is 285 g/mol. The smallest absolute Gasteiger partial charge is 0.160 e. The normalized spacial score (nSPS) is 14.0. The van der Waals surface area contributed by atoms with E-state index in [-0.39, 0.29) is 5.82 Å². The Bertz CT molecular complexity index is 667. The summed E-state index contributed by atoms with van der Waals surface area (Å²) in [5, 5.41) is 3.35. The van der Waals surface area contributed by atoms with Crippen molar-refractivity contribution in [2.24, 2.45) is 0 Å². The molecule has 1 aliphatic heterocycles. The van der Waals surface area contributed by atoms with Crippen LogP contribution in [0, 0.1) is 12.7 Å². The number of fused-ring (bicyclic) bond motifs is 1. The molecule has 0 spiro atoms. The van der Waals surface area contributed by atoms with Crippen molar-refractivity contribution in [2.75, 3.05) is 6.54 Å². The van der Waals surface area contributed by atoms with Crippen LogP contribution in [0.2, 0.25) is 0 Å². The molecule has 21 heavy (non-hydrogen) atoms. The van der Waals surface area contributed by atoms with E-state index in [4.69, 9.17) is 4.98 Å². The Kier molecular flexibility index (Phi) is 3.97. The molecule has 0 radical (unpaired) electrons. The summed E-state index contributed by atoms with van der Waals surface area (Å²) >= 11 is 0. The number of rotatable bonds is 3. The topological polar surface area (TPSA) is 37.8 Å². The second kappa shape index (κ2) is 5.90. The molecule has 1 N–H and O–H groups in total. The quantitative estimate of drug-likeness (QED) is 0.941. The molecule has 2 aromatic rings. The molecule has 0 fully saturated rings. The standard InChI is InChI=1S/C17H20FN3/c1-3-4-15-13-7-8-19-10-16(13)21-17(20-15)14-9-12(18)6-5-11(14)2/h5-6,9,19H,3-4,7-8,10H2,1-2H3. The first-order valence-corrected chi connectivity index (χ1v) is 7.55. The molecule has 0 saturated carbocycles. The number of aromatic nitrogens is 2. The van der Waals surface area contributed by atoms with Crippen LogP contribution in [0.1, 0.15) is 35.9 Å². The van der Waals surface area contributed by atoms with E-state index < -0.39 is 0 Å². The van der Waals surface area contributed by atoms with E-state index in [1.54, 1.807) is 6.07 Å². The van der Waals surface area contributed by atoms with Crippen LogP contribution in [0.5, 0.6) is 0 Å². The van der Waals surface area contributed by atoms with Gasteiger partial charge in [-0.1, -0.05) is 19.4 Å². The van der Waals surface area contributed by atoms with Gasteiger partial charge >= 0.3 is 0 Å². The Morgan fingerprint density at radius 2 is 2.14 bits per heavy atom. The van der Waals surface area contributed by atoms with E-state index in [1.807, 2.05) is 6.92 Å². The fraction of sp³-hybridized carbons (Fsp3) is 0.412. The molecule has 1 aromatic carbocycles. The molecule has 1 aliphatic rings. The number of aryl methyl sites for hydroxylation is 2. The first-order chi connectivity index (χ1) is 10.2. The zero-order valence-corrected chi connectivity index (χ0v) is 12.5. The van der Waals surface area contributed by atoms with E-state index in [0.717, 1.165) is 54.9 Å². The Hall–Kier alpha value is -1.81. The van der Waals surface area contributed by atoms with Gasteiger partial charge in [0.2, 0.25) is 0 Å². The van der Waals surface area contributed by atoms with Gasteiger partial charge in [0.25, 0.3) is 0 Å². The van der Waals surface area contributed by atoms with Crippen molar-refractivity contribution in [3.8, 4) is 11.4 Å². The predicted molar refractivity (Wildman–Crippen MR) is 81.6 cm³/mol. The van der Waals surface area contributed by atoms with E-state index in [1.165, 1.54) is 17.7 Å². The van der Waals surface area contributed by atoms with Crippen LogP contribution in [0.3, 0.4) is 0 Å². The van der Waals surface area contributed by atoms with E-state index in [2.05, 4.69) is 17.2 Å². The van der Waals surface area contributed by atoms with Crippen LogP contribution in [-0.4, -0.2) is 16.5 Å². The van der Waals surface area contributed by atoms with Gasteiger partial charge in [0.15, 0.2) is 5.82 Å². The molecule has 0 aliphatic carbocycles. The van der Waals surface area contributed by atoms with E-state index in [0.29, 0.717) is 5.82 Å². The highest BCUT2D eigenvalue weighted by Gasteiger charge is 2.18. The largest absolute Gasteiger partial charge is 0.311 e. The second-order valence-corrected chi connectivity index (χ2v) is 5.56. The lowest BCUT2D eigenvalue weighted by atomic mass is 10.0. The van der Waals surface area contributed by atoms with Crippen molar-refractivity contribution in [2.45, 2.75) is 39.7 Å². The van der Waals surface area contributed by atoms with Crippen molar-refractivity contribution < 1.29 is 4.39 Å². The third-order valence-corrected chi connectivity index (χ3v) is 3.95. The Morgan fingerprint density at radius 1 is 1.29 bits per heavy atom. The maximum absolute atomic E-state index is 13.6. The fourth-order valence-corrected chi connectivity index (χ4v) is 2.84. The molecule has 4 heteroatoms. The zero-order valence-electron chi connectivity index (χ0n) is 12.5. The molecule has 0 unspecified atom stereocenters. The average molecular weight is 285 g/mol. The molecule has 1 aromatic heterocycles. The number of halogens is 1. The maximum atomic E-state index is 13.6. The van der Waals surface area contributed by atoms with Gasteiger partial charge in [0, 0.05) is 17.8 Å². The van der Waals surface area contributed by atoms with Crippen molar-refractivity contribution >= 4 is 0 Å². The van der Waals surface area contributed by atoms with Gasteiger partial charge in [0.05, 0.1) is 5.69 Å². The lowest BCUT2D eigenvalue weighted by Crippen LogP contribution is -2.26. The lowest BCUT2D eigenvalue weighted by molar-refractivity contribution is 0.613. The molecular weight excluding hydrogens is 265 g/mol. The highest BCUT2D eigenvalue weighted by atomic mass is 19.1. The second-order valence-electron chi connectivity index (χ2n) is 5.56. The Morgan fingerprint density at radius 3 is 2.95 bits per heavy atom. The Labute approximate surface area is 124 Å². The molecule has 0 amide bonds. The Balaban J connectivity index is 2.14. The van der Waals surface area contributed by atoms with Gasteiger partial charge in [-0.25, -0.2) is 14.4 Å². The summed E-state index contributed by atoms with van der Waals surface area (Å²) in [5.41, 5.74) is 5.28. The number of hydrogen-bond acceptors (Lipinski definition) is 3. The summed E-state index contributed by atoms with van der Waals surface area (Å²) in [7, 11) is 0. The van der Waals surface area contributed by atoms with Crippen molar-refractivity contribution in [1.29, 1.82) is 0 Å². The fourth-order valence-electron chi connectivity index (χ4n) is 2.84. The molecule has 2 heterocycles. The number of nitrogens with one attached hydrogen (secondary N) is 1. The van der Waals surface area contributed by atoms with Crippen LogP contribution in [-0.2, 0) is 19.4 Å². The lowest BCUT2D eigenvalue weighted by Gasteiger charge is -2.20. The maximum Gasteiger partial charge on any atom is 0.160 e. The average Bonchev–Trinajstić information content (AvgIpc) is 2.50. The molecular formula is C17H20FN3. The SMILES string of the molecule is CCCc1nc(-c2cc(F)ccc2C)nc2c1CCNC2. The number of nitrogens with zero attached hydrogens (tertiary/aromatic N) is 2. The summed E-state index contributed by atoms with van der Waals surface area (Å²) in [6, 6.07) is 4.79. The van der Waals surface area contributed by atoms with Crippen LogP contribution in [0.25, 0.3) is 11.4 Å². The predicted octanol–water partition coefficient (Wildman–Crippen LogP) is 3.19. The van der Waals surface area contributed by atoms with Crippen LogP contribution in [0.15, 0.2) is 18.2 Å². The van der Waals surface area contributed by atoms with Gasteiger partial charge < -0.3 is 5.32 Å². The minimum absolute atomic E-state index is 0.243.